The van der Waals surface area contributed by atoms with E-state index >= 15 is 0 Å². The summed E-state index contributed by atoms with van der Waals surface area (Å²) in [5.74, 6) is -0.329. The van der Waals surface area contributed by atoms with Crippen molar-refractivity contribution in [3.63, 3.8) is 0 Å². The van der Waals surface area contributed by atoms with Crippen LogP contribution in [0.25, 0.3) is 0 Å². The highest BCUT2D eigenvalue weighted by molar-refractivity contribution is 7.89. The molecule has 0 aromatic heterocycles. The Balaban J connectivity index is 1.42. The van der Waals surface area contributed by atoms with E-state index in [1.54, 1.807) is 0 Å². The van der Waals surface area contributed by atoms with E-state index in [0.29, 0.717) is 25.1 Å². The molecule has 1 aliphatic heterocycles. The van der Waals surface area contributed by atoms with Crippen LogP contribution in [0.5, 0.6) is 0 Å². The van der Waals surface area contributed by atoms with E-state index in [1.165, 1.54) is 28.6 Å². The van der Waals surface area contributed by atoms with Crippen molar-refractivity contribution in [3.8, 4) is 0 Å². The largest absolute Gasteiger partial charge is 0.383 e. The summed E-state index contributed by atoms with van der Waals surface area (Å²) in [6, 6.07) is 13.8. The zero-order valence-corrected chi connectivity index (χ0v) is 17.1. The molecule has 0 radical (unpaired) electrons. The van der Waals surface area contributed by atoms with Gasteiger partial charge < -0.3 is 10.4 Å². The Bertz CT molecular complexity index is 998. The number of nitrogens with one attached hydrogen (secondary N) is 1. The zero-order chi connectivity index (χ0) is 20.5. The van der Waals surface area contributed by atoms with Crippen LogP contribution in [0.1, 0.15) is 47.2 Å². The Labute approximate surface area is 171 Å². The van der Waals surface area contributed by atoms with Crippen molar-refractivity contribution in [2.75, 3.05) is 19.6 Å². The highest BCUT2D eigenvalue weighted by atomic mass is 32.2. The quantitative estimate of drug-likeness (QED) is 0.787. The van der Waals surface area contributed by atoms with Gasteiger partial charge in [-0.1, -0.05) is 30.7 Å². The molecule has 1 unspecified atom stereocenters. The smallest absolute Gasteiger partial charge is 0.251 e. The Kier molecular flexibility index (Phi) is 5.46. The van der Waals surface area contributed by atoms with Crippen molar-refractivity contribution in [3.05, 3.63) is 65.2 Å². The van der Waals surface area contributed by atoms with Gasteiger partial charge in [-0.25, -0.2) is 8.42 Å². The van der Waals surface area contributed by atoms with Crippen LogP contribution in [0.15, 0.2) is 53.4 Å². The molecule has 7 heteroatoms. The maximum Gasteiger partial charge on any atom is 0.251 e. The second-order valence-corrected chi connectivity index (χ2v) is 9.80. The van der Waals surface area contributed by atoms with Gasteiger partial charge in [-0.2, -0.15) is 4.31 Å². The summed E-state index contributed by atoms with van der Waals surface area (Å²) in [5.41, 5.74) is 1.28. The molecule has 1 atom stereocenters. The van der Waals surface area contributed by atoms with Crippen molar-refractivity contribution in [1.29, 1.82) is 0 Å². The van der Waals surface area contributed by atoms with Crippen LogP contribution < -0.4 is 5.32 Å². The number of nitrogens with zero attached hydrogens (tertiary/aromatic N) is 1. The number of carbonyl (C=O) groups is 1. The van der Waals surface area contributed by atoms with E-state index in [2.05, 4.69) is 5.32 Å². The van der Waals surface area contributed by atoms with E-state index < -0.39 is 15.6 Å². The van der Waals surface area contributed by atoms with E-state index in [9.17, 15) is 18.3 Å². The predicted octanol–water partition coefficient (Wildman–Crippen LogP) is 2.43. The van der Waals surface area contributed by atoms with Crippen LogP contribution in [0.4, 0.5) is 0 Å². The van der Waals surface area contributed by atoms with Crippen molar-refractivity contribution in [2.24, 2.45) is 0 Å². The second-order valence-electron chi connectivity index (χ2n) is 7.86. The van der Waals surface area contributed by atoms with E-state index in [0.717, 1.165) is 36.8 Å². The number of carbonyl (C=O) groups excluding carboxylic acids is 1. The van der Waals surface area contributed by atoms with E-state index in [-0.39, 0.29) is 17.3 Å². The molecule has 2 aromatic rings. The highest BCUT2D eigenvalue weighted by Gasteiger charge is 2.36. The molecule has 1 amide bonds. The number of aliphatic hydroxyl groups is 1. The molecule has 1 saturated heterocycles. The van der Waals surface area contributed by atoms with Gasteiger partial charge in [0.15, 0.2) is 0 Å². The molecular weight excluding hydrogens is 388 g/mol. The lowest BCUT2D eigenvalue weighted by Gasteiger charge is -2.26. The van der Waals surface area contributed by atoms with Crippen LogP contribution >= 0.6 is 0 Å². The third kappa shape index (κ3) is 3.95. The van der Waals surface area contributed by atoms with Crippen molar-refractivity contribution >= 4 is 15.9 Å². The van der Waals surface area contributed by atoms with Gasteiger partial charge in [0.2, 0.25) is 10.0 Å². The van der Waals surface area contributed by atoms with Crippen molar-refractivity contribution < 1.29 is 18.3 Å². The predicted molar refractivity (Wildman–Crippen MR) is 110 cm³/mol. The number of piperidine rings is 1. The van der Waals surface area contributed by atoms with Gasteiger partial charge in [0.1, 0.15) is 5.60 Å². The fourth-order valence-electron chi connectivity index (χ4n) is 4.21. The van der Waals surface area contributed by atoms with Gasteiger partial charge in [-0.05, 0) is 61.1 Å². The molecule has 2 N–H and O–H groups in total. The van der Waals surface area contributed by atoms with Crippen LogP contribution in [0.2, 0.25) is 0 Å². The van der Waals surface area contributed by atoms with Gasteiger partial charge in [0.25, 0.3) is 5.91 Å². The monoisotopic (exact) mass is 414 g/mol. The number of benzene rings is 2. The molecule has 0 saturated carbocycles. The number of amides is 1. The highest BCUT2D eigenvalue weighted by Crippen LogP contribution is 2.36. The number of rotatable bonds is 5. The topological polar surface area (TPSA) is 86.7 Å². The molecule has 2 aromatic carbocycles. The van der Waals surface area contributed by atoms with Gasteiger partial charge in [0, 0.05) is 18.7 Å². The number of hydrogen-bond donors (Lipinski definition) is 2. The maximum absolute atomic E-state index is 12.7. The maximum atomic E-state index is 12.7. The molecule has 1 aliphatic carbocycles. The molecule has 154 valence electrons. The average molecular weight is 415 g/mol. The van der Waals surface area contributed by atoms with Crippen LogP contribution in [0.3, 0.4) is 0 Å². The van der Waals surface area contributed by atoms with Crippen LogP contribution in [0, 0.1) is 0 Å². The zero-order valence-electron chi connectivity index (χ0n) is 16.3. The SMILES string of the molecule is O=C(NCC1(O)CCc2ccccc21)c1ccc(S(=O)(=O)N2CCCCC2)cc1. The molecule has 6 nitrogen and oxygen atoms in total. The Hall–Kier alpha value is -2.22. The minimum absolute atomic E-state index is 0.122. The van der Waals surface area contributed by atoms with Crippen LogP contribution in [-0.4, -0.2) is 43.4 Å². The lowest BCUT2D eigenvalue weighted by Crippen LogP contribution is -2.39. The number of sulfonamides is 1. The van der Waals surface area contributed by atoms with Crippen molar-refractivity contribution in [2.45, 2.75) is 42.6 Å². The average Bonchev–Trinajstić information content (AvgIpc) is 3.10. The molecule has 1 heterocycles. The first kappa shape index (κ1) is 20.1. The van der Waals surface area contributed by atoms with Gasteiger partial charge >= 0.3 is 0 Å². The summed E-state index contributed by atoms with van der Waals surface area (Å²) in [5, 5.41) is 13.7. The minimum atomic E-state index is -3.51. The fraction of sp³-hybridized carbons (Fsp3) is 0.409. The summed E-state index contributed by atoms with van der Waals surface area (Å²) in [4.78, 5) is 12.7. The van der Waals surface area contributed by atoms with Gasteiger partial charge in [-0.3, -0.25) is 4.79 Å². The Morgan fingerprint density at radius 2 is 1.72 bits per heavy atom. The number of hydrogen-bond acceptors (Lipinski definition) is 4. The van der Waals surface area contributed by atoms with Gasteiger partial charge in [-0.15, -0.1) is 0 Å². The first-order valence-electron chi connectivity index (χ1n) is 10.1. The van der Waals surface area contributed by atoms with E-state index in [1.807, 2.05) is 24.3 Å². The summed E-state index contributed by atoms with van der Waals surface area (Å²) in [6.07, 6.45) is 4.17. The fourth-order valence-corrected chi connectivity index (χ4v) is 5.73. The van der Waals surface area contributed by atoms with Crippen molar-refractivity contribution in [1.82, 2.24) is 9.62 Å². The molecular formula is C22H26N2O4S. The molecule has 4 rings (SSSR count). The lowest BCUT2D eigenvalue weighted by atomic mass is 9.96. The Morgan fingerprint density at radius 3 is 2.45 bits per heavy atom. The first-order valence-corrected chi connectivity index (χ1v) is 11.5. The molecule has 1 fully saturated rings. The van der Waals surface area contributed by atoms with E-state index in [4.69, 9.17) is 0 Å². The third-order valence-corrected chi connectivity index (χ3v) is 7.85. The second kappa shape index (κ2) is 7.89. The van der Waals surface area contributed by atoms with Crippen LogP contribution in [-0.2, 0) is 22.0 Å². The number of fused-ring (bicyclic) bond motifs is 1. The normalized spacial score (nSPS) is 22.2. The summed E-state index contributed by atoms with van der Waals surface area (Å²) < 4.78 is 27.0. The molecule has 0 bridgehead atoms. The standard InChI is InChI=1S/C22H26N2O4S/c25-21(23-16-22(26)13-12-17-6-2-3-7-20(17)22)18-8-10-19(11-9-18)29(27,28)24-14-4-1-5-15-24/h2-3,6-11,26H,1,4-5,12-16H2,(H,23,25). The lowest BCUT2D eigenvalue weighted by molar-refractivity contribution is 0.0369. The van der Waals surface area contributed by atoms with Gasteiger partial charge in [0.05, 0.1) is 11.4 Å². The summed E-state index contributed by atoms with van der Waals surface area (Å²) in [6.45, 7) is 1.21. The summed E-state index contributed by atoms with van der Waals surface area (Å²) >= 11 is 0. The molecule has 2 aliphatic rings. The summed E-state index contributed by atoms with van der Waals surface area (Å²) in [7, 11) is -3.51. The minimum Gasteiger partial charge on any atom is -0.383 e. The first-order chi connectivity index (χ1) is 13.9. The third-order valence-electron chi connectivity index (χ3n) is 5.94. The Morgan fingerprint density at radius 1 is 1.03 bits per heavy atom. The molecule has 0 spiro atoms. The number of aryl methyl sites for hydroxylation is 1. The molecule has 29 heavy (non-hydrogen) atoms.